The summed E-state index contributed by atoms with van der Waals surface area (Å²) < 4.78 is 10.5. The summed E-state index contributed by atoms with van der Waals surface area (Å²) in [7, 11) is 1.58. The average molecular weight is 303 g/mol. The highest BCUT2D eigenvalue weighted by atomic mass is 16.5. The van der Waals surface area contributed by atoms with Gasteiger partial charge >= 0.3 is 0 Å². The maximum absolute atomic E-state index is 12.0. The maximum Gasteiger partial charge on any atom is 0.287 e. The molecule has 1 aromatic carbocycles. The Balaban J connectivity index is 1.94. The first-order valence-corrected chi connectivity index (χ1v) is 7.24. The molecule has 0 spiro atoms. The Morgan fingerprint density at radius 1 is 1.36 bits per heavy atom. The number of hydrogen-bond donors (Lipinski definition) is 2. The number of ether oxygens (including phenoxy) is 1. The summed E-state index contributed by atoms with van der Waals surface area (Å²) in [5.41, 5.74) is 1.68. The number of aryl methyl sites for hydroxylation is 2. The lowest BCUT2D eigenvalue weighted by Gasteiger charge is -2.12. The van der Waals surface area contributed by atoms with Gasteiger partial charge in [0.2, 0.25) is 0 Å². The lowest BCUT2D eigenvalue weighted by molar-refractivity contribution is 0.0887. The minimum atomic E-state index is -0.781. The lowest BCUT2D eigenvalue weighted by Crippen LogP contribution is -2.28. The van der Waals surface area contributed by atoms with Crippen LogP contribution in [0.25, 0.3) is 0 Å². The number of amides is 1. The molecule has 0 radical (unpaired) electrons. The zero-order chi connectivity index (χ0) is 16.1. The Morgan fingerprint density at radius 3 is 2.59 bits per heavy atom. The lowest BCUT2D eigenvalue weighted by atomic mass is 10.1. The Bertz CT molecular complexity index is 631. The Hall–Kier alpha value is -2.27. The number of carbonyl (C=O) groups is 1. The van der Waals surface area contributed by atoms with Gasteiger partial charge in [0.15, 0.2) is 5.76 Å². The van der Waals surface area contributed by atoms with Crippen molar-refractivity contribution in [2.75, 3.05) is 13.7 Å². The third-order valence-electron chi connectivity index (χ3n) is 3.52. The van der Waals surface area contributed by atoms with E-state index in [1.807, 2.05) is 13.8 Å². The zero-order valence-electron chi connectivity index (χ0n) is 13.1. The van der Waals surface area contributed by atoms with Crippen molar-refractivity contribution in [2.24, 2.45) is 0 Å². The molecule has 1 unspecified atom stereocenters. The summed E-state index contributed by atoms with van der Waals surface area (Å²) in [6, 6.07) is 8.78. The molecule has 0 saturated carbocycles. The van der Waals surface area contributed by atoms with E-state index in [2.05, 4.69) is 5.32 Å². The molecule has 0 aliphatic heterocycles. The van der Waals surface area contributed by atoms with Crippen molar-refractivity contribution in [3.8, 4) is 5.75 Å². The van der Waals surface area contributed by atoms with Crippen molar-refractivity contribution >= 4 is 5.91 Å². The molecule has 0 aliphatic carbocycles. The molecule has 1 aromatic heterocycles. The van der Waals surface area contributed by atoms with Crippen LogP contribution in [0.3, 0.4) is 0 Å². The van der Waals surface area contributed by atoms with E-state index >= 15 is 0 Å². The van der Waals surface area contributed by atoms with E-state index in [1.54, 1.807) is 37.4 Å². The van der Waals surface area contributed by atoms with Crippen molar-refractivity contribution in [3.05, 3.63) is 53.0 Å². The topological polar surface area (TPSA) is 71.7 Å². The number of aliphatic hydroxyl groups excluding tert-OH is 1. The van der Waals surface area contributed by atoms with Crippen LogP contribution < -0.4 is 10.1 Å². The zero-order valence-corrected chi connectivity index (χ0v) is 13.1. The van der Waals surface area contributed by atoms with E-state index in [0.29, 0.717) is 5.56 Å². The smallest absolute Gasteiger partial charge is 0.287 e. The van der Waals surface area contributed by atoms with Crippen molar-refractivity contribution in [2.45, 2.75) is 26.4 Å². The van der Waals surface area contributed by atoms with E-state index in [4.69, 9.17) is 9.15 Å². The van der Waals surface area contributed by atoms with Gasteiger partial charge in [-0.05, 0) is 36.2 Å². The van der Waals surface area contributed by atoms with Gasteiger partial charge in [-0.1, -0.05) is 19.1 Å². The van der Waals surface area contributed by atoms with Gasteiger partial charge in [-0.25, -0.2) is 0 Å². The minimum Gasteiger partial charge on any atom is -0.497 e. The van der Waals surface area contributed by atoms with Crippen LogP contribution in [-0.4, -0.2) is 24.7 Å². The SMILES string of the molecule is CCc1oc(C(=O)NCC(O)c2ccc(OC)cc2)cc1C. The van der Waals surface area contributed by atoms with Crippen molar-refractivity contribution in [3.63, 3.8) is 0 Å². The van der Waals surface area contributed by atoms with Crippen LogP contribution in [0.4, 0.5) is 0 Å². The first kappa shape index (κ1) is 16.1. The standard InChI is InChI=1S/C17H21NO4/c1-4-15-11(2)9-16(22-15)17(20)18-10-14(19)12-5-7-13(21-3)8-6-12/h5-9,14,19H,4,10H2,1-3H3,(H,18,20). The number of aliphatic hydroxyl groups is 1. The molecular formula is C17H21NO4. The van der Waals surface area contributed by atoms with E-state index in [9.17, 15) is 9.90 Å². The highest BCUT2D eigenvalue weighted by Gasteiger charge is 2.15. The van der Waals surface area contributed by atoms with Crippen LogP contribution in [0.5, 0.6) is 5.75 Å². The molecule has 5 nitrogen and oxygen atoms in total. The Morgan fingerprint density at radius 2 is 2.05 bits per heavy atom. The molecule has 22 heavy (non-hydrogen) atoms. The van der Waals surface area contributed by atoms with Crippen LogP contribution in [0, 0.1) is 6.92 Å². The van der Waals surface area contributed by atoms with Crippen LogP contribution in [0.15, 0.2) is 34.7 Å². The van der Waals surface area contributed by atoms with Gasteiger partial charge in [-0.3, -0.25) is 4.79 Å². The van der Waals surface area contributed by atoms with Crippen molar-refractivity contribution in [1.82, 2.24) is 5.32 Å². The van der Waals surface area contributed by atoms with E-state index in [-0.39, 0.29) is 18.2 Å². The Labute approximate surface area is 129 Å². The third kappa shape index (κ3) is 3.68. The molecule has 1 heterocycles. The van der Waals surface area contributed by atoms with Gasteiger partial charge in [0.05, 0.1) is 13.2 Å². The second kappa shape index (κ2) is 7.13. The number of methoxy groups -OCH3 is 1. The average Bonchev–Trinajstić information content (AvgIpc) is 2.93. The third-order valence-corrected chi connectivity index (χ3v) is 3.52. The largest absolute Gasteiger partial charge is 0.497 e. The van der Waals surface area contributed by atoms with Crippen LogP contribution in [-0.2, 0) is 6.42 Å². The number of rotatable bonds is 6. The van der Waals surface area contributed by atoms with Crippen LogP contribution in [0.2, 0.25) is 0 Å². The molecule has 118 valence electrons. The van der Waals surface area contributed by atoms with Gasteiger partial charge in [0.1, 0.15) is 11.5 Å². The summed E-state index contributed by atoms with van der Waals surface area (Å²) in [4.78, 5) is 12.0. The van der Waals surface area contributed by atoms with Gasteiger partial charge in [-0.2, -0.15) is 0 Å². The van der Waals surface area contributed by atoms with E-state index in [1.165, 1.54) is 0 Å². The van der Waals surface area contributed by atoms with Crippen molar-refractivity contribution in [1.29, 1.82) is 0 Å². The Kier molecular flexibility index (Phi) is 5.22. The fourth-order valence-corrected chi connectivity index (χ4v) is 2.20. The second-order valence-electron chi connectivity index (χ2n) is 5.07. The van der Waals surface area contributed by atoms with Gasteiger partial charge in [-0.15, -0.1) is 0 Å². The second-order valence-corrected chi connectivity index (χ2v) is 5.07. The summed E-state index contributed by atoms with van der Waals surface area (Å²) in [6.07, 6.45) is -0.0373. The highest BCUT2D eigenvalue weighted by Crippen LogP contribution is 2.18. The molecule has 1 amide bonds. The predicted molar refractivity (Wildman–Crippen MR) is 83.1 cm³/mol. The quantitative estimate of drug-likeness (QED) is 0.860. The predicted octanol–water partition coefficient (Wildman–Crippen LogP) is 2.62. The first-order valence-electron chi connectivity index (χ1n) is 7.24. The fourth-order valence-electron chi connectivity index (χ4n) is 2.20. The monoisotopic (exact) mass is 303 g/mol. The first-order chi connectivity index (χ1) is 10.5. The minimum absolute atomic E-state index is 0.117. The molecule has 0 fully saturated rings. The molecule has 2 N–H and O–H groups in total. The summed E-state index contributed by atoms with van der Waals surface area (Å²) in [5, 5.41) is 12.8. The highest BCUT2D eigenvalue weighted by molar-refractivity contribution is 5.91. The molecular weight excluding hydrogens is 282 g/mol. The number of benzene rings is 1. The number of hydrogen-bond acceptors (Lipinski definition) is 4. The molecule has 1 atom stereocenters. The number of nitrogens with one attached hydrogen (secondary N) is 1. The van der Waals surface area contributed by atoms with Crippen LogP contribution >= 0.6 is 0 Å². The maximum atomic E-state index is 12.0. The molecule has 0 aliphatic rings. The summed E-state index contributed by atoms with van der Waals surface area (Å²) >= 11 is 0. The van der Waals surface area contributed by atoms with Gasteiger partial charge in [0.25, 0.3) is 5.91 Å². The fraction of sp³-hybridized carbons (Fsp3) is 0.353. The molecule has 0 bridgehead atoms. The summed E-state index contributed by atoms with van der Waals surface area (Å²) in [6.45, 7) is 4.00. The van der Waals surface area contributed by atoms with Gasteiger partial charge in [0, 0.05) is 13.0 Å². The van der Waals surface area contributed by atoms with E-state index in [0.717, 1.165) is 23.5 Å². The molecule has 2 aromatic rings. The van der Waals surface area contributed by atoms with Crippen LogP contribution in [0.1, 0.15) is 40.5 Å². The normalized spacial score (nSPS) is 12.0. The van der Waals surface area contributed by atoms with E-state index < -0.39 is 6.10 Å². The number of carbonyl (C=O) groups excluding carboxylic acids is 1. The number of furan rings is 1. The van der Waals surface area contributed by atoms with Gasteiger partial charge < -0.3 is 19.6 Å². The molecule has 0 saturated heterocycles. The molecule has 2 rings (SSSR count). The van der Waals surface area contributed by atoms with Crippen molar-refractivity contribution < 1.29 is 19.1 Å². The summed E-state index contributed by atoms with van der Waals surface area (Å²) in [5.74, 6) is 1.48. The molecule has 5 heteroatoms.